The smallest absolute Gasteiger partial charge is 0.165 e. The number of hydrogen-bond donors (Lipinski definition) is 0. The van der Waals surface area contributed by atoms with Crippen molar-refractivity contribution in [3.05, 3.63) is 164 Å². The molecular formula is C44H27N3. The minimum Gasteiger partial charge on any atom is -0.291 e. The Morgan fingerprint density at radius 3 is 1.60 bits per heavy atom. The summed E-state index contributed by atoms with van der Waals surface area (Å²) >= 11 is 0. The normalized spacial score (nSPS) is 11.8. The SMILES string of the molecule is c1ccc(-c2ccc(-c3nc4c5ccccc5c5ccccc5c4nc3-n3c4ccccc4c4ccc5ccccc5c43)cc2)cc1. The largest absolute Gasteiger partial charge is 0.291 e. The summed E-state index contributed by atoms with van der Waals surface area (Å²) in [6, 6.07) is 58.2. The summed E-state index contributed by atoms with van der Waals surface area (Å²) in [6.07, 6.45) is 0. The van der Waals surface area contributed by atoms with E-state index in [0.29, 0.717) is 0 Å². The summed E-state index contributed by atoms with van der Waals surface area (Å²) in [5.41, 5.74) is 8.32. The fraction of sp³-hybridized carbons (Fsp3) is 0. The Balaban J connectivity index is 1.38. The molecule has 0 aliphatic rings. The molecule has 3 nitrogen and oxygen atoms in total. The zero-order valence-electron chi connectivity index (χ0n) is 25.4. The van der Waals surface area contributed by atoms with Gasteiger partial charge in [0.05, 0.1) is 22.1 Å². The zero-order chi connectivity index (χ0) is 30.9. The topological polar surface area (TPSA) is 30.7 Å². The third-order valence-electron chi connectivity index (χ3n) is 9.57. The van der Waals surface area contributed by atoms with Crippen molar-refractivity contribution in [1.29, 1.82) is 0 Å². The van der Waals surface area contributed by atoms with Crippen molar-refractivity contribution in [2.75, 3.05) is 0 Å². The molecule has 0 bridgehead atoms. The molecular weight excluding hydrogens is 571 g/mol. The molecule has 8 aromatic carbocycles. The Bertz CT molecular complexity index is 2830. The monoisotopic (exact) mass is 597 g/mol. The minimum absolute atomic E-state index is 0.827. The van der Waals surface area contributed by atoms with Crippen molar-refractivity contribution >= 4 is 65.2 Å². The third kappa shape index (κ3) is 3.87. The van der Waals surface area contributed by atoms with E-state index < -0.39 is 0 Å². The van der Waals surface area contributed by atoms with Gasteiger partial charge in [-0.05, 0) is 33.4 Å². The maximum absolute atomic E-state index is 5.66. The molecule has 218 valence electrons. The van der Waals surface area contributed by atoms with Crippen LogP contribution in [-0.2, 0) is 0 Å². The third-order valence-corrected chi connectivity index (χ3v) is 9.57. The van der Waals surface area contributed by atoms with Crippen molar-refractivity contribution in [1.82, 2.24) is 14.5 Å². The fourth-order valence-corrected chi connectivity index (χ4v) is 7.40. The minimum atomic E-state index is 0.827. The summed E-state index contributed by atoms with van der Waals surface area (Å²) in [5.74, 6) is 0.827. The molecule has 2 aromatic heterocycles. The lowest BCUT2D eigenvalue weighted by Crippen LogP contribution is -2.04. The standard InChI is InChI=1S/C44H27N3/c1-2-12-28(13-3-1)29-22-24-31(25-23-29)40-44(46-42-37-20-9-7-17-34(37)33-16-6-8-19-36(33)41(42)45-40)47-39-21-11-10-18-35(39)38-27-26-30-14-4-5-15-32(30)43(38)47/h1-27H. The second kappa shape index (κ2) is 10.1. The molecule has 10 aromatic rings. The maximum Gasteiger partial charge on any atom is 0.165 e. The molecule has 0 spiro atoms. The highest BCUT2D eigenvalue weighted by molar-refractivity contribution is 6.24. The molecule has 0 aliphatic heterocycles. The molecule has 0 unspecified atom stereocenters. The Kier molecular flexibility index (Phi) is 5.57. The summed E-state index contributed by atoms with van der Waals surface area (Å²) in [6.45, 7) is 0. The lowest BCUT2D eigenvalue weighted by Gasteiger charge is -2.17. The van der Waals surface area contributed by atoms with E-state index in [-0.39, 0.29) is 0 Å². The van der Waals surface area contributed by atoms with Crippen LogP contribution in [0, 0.1) is 0 Å². The number of aromatic nitrogens is 3. The van der Waals surface area contributed by atoms with Gasteiger partial charge >= 0.3 is 0 Å². The lowest BCUT2D eigenvalue weighted by atomic mass is 9.99. The van der Waals surface area contributed by atoms with Gasteiger partial charge in [0.1, 0.15) is 5.69 Å². The van der Waals surface area contributed by atoms with Gasteiger partial charge in [-0.25, -0.2) is 9.97 Å². The first-order valence-electron chi connectivity index (χ1n) is 16.0. The van der Waals surface area contributed by atoms with Gasteiger partial charge in [-0.15, -0.1) is 0 Å². The number of nitrogens with zero attached hydrogens (tertiary/aromatic N) is 3. The number of hydrogen-bond acceptors (Lipinski definition) is 2. The van der Waals surface area contributed by atoms with Crippen molar-refractivity contribution < 1.29 is 0 Å². The van der Waals surface area contributed by atoms with Crippen LogP contribution in [-0.4, -0.2) is 14.5 Å². The van der Waals surface area contributed by atoms with Gasteiger partial charge in [0.25, 0.3) is 0 Å². The first-order valence-corrected chi connectivity index (χ1v) is 16.0. The van der Waals surface area contributed by atoms with E-state index in [9.17, 15) is 0 Å². The van der Waals surface area contributed by atoms with Gasteiger partial charge in [0, 0.05) is 32.5 Å². The van der Waals surface area contributed by atoms with E-state index in [1.165, 1.54) is 43.4 Å². The quantitative estimate of drug-likeness (QED) is 0.190. The molecule has 2 heterocycles. The fourth-order valence-electron chi connectivity index (χ4n) is 7.40. The van der Waals surface area contributed by atoms with Gasteiger partial charge < -0.3 is 0 Å². The van der Waals surface area contributed by atoms with E-state index in [2.05, 4.69) is 168 Å². The van der Waals surface area contributed by atoms with Crippen LogP contribution < -0.4 is 0 Å². The molecule has 0 N–H and O–H groups in total. The van der Waals surface area contributed by atoms with Crippen LogP contribution in [0.3, 0.4) is 0 Å². The summed E-state index contributed by atoms with van der Waals surface area (Å²) in [7, 11) is 0. The molecule has 0 saturated heterocycles. The van der Waals surface area contributed by atoms with Crippen molar-refractivity contribution in [2.24, 2.45) is 0 Å². The molecule has 3 heteroatoms. The Labute approximate surface area is 271 Å². The Hall–Kier alpha value is -6.32. The van der Waals surface area contributed by atoms with Gasteiger partial charge in [-0.1, -0.05) is 158 Å². The van der Waals surface area contributed by atoms with Gasteiger partial charge in [0.15, 0.2) is 5.82 Å². The lowest BCUT2D eigenvalue weighted by molar-refractivity contribution is 1.09. The summed E-state index contributed by atoms with van der Waals surface area (Å²) in [4.78, 5) is 11.3. The van der Waals surface area contributed by atoms with Crippen molar-refractivity contribution in [3.63, 3.8) is 0 Å². The number of benzene rings is 8. The average molecular weight is 598 g/mol. The maximum atomic E-state index is 5.66. The van der Waals surface area contributed by atoms with E-state index in [1.807, 2.05) is 0 Å². The molecule has 0 fully saturated rings. The van der Waals surface area contributed by atoms with Crippen LogP contribution in [0.25, 0.3) is 93.4 Å². The molecule has 0 atom stereocenters. The van der Waals surface area contributed by atoms with Gasteiger partial charge in [-0.2, -0.15) is 0 Å². The molecule has 47 heavy (non-hydrogen) atoms. The van der Waals surface area contributed by atoms with Crippen LogP contribution in [0.4, 0.5) is 0 Å². The second-order valence-electron chi connectivity index (χ2n) is 12.2. The molecule has 0 amide bonds. The second-order valence-corrected chi connectivity index (χ2v) is 12.2. The summed E-state index contributed by atoms with van der Waals surface area (Å²) < 4.78 is 2.35. The Morgan fingerprint density at radius 1 is 0.340 bits per heavy atom. The number of rotatable bonds is 3. The van der Waals surface area contributed by atoms with Crippen LogP contribution in [0.15, 0.2) is 164 Å². The van der Waals surface area contributed by atoms with Gasteiger partial charge in [-0.3, -0.25) is 4.57 Å². The highest BCUT2D eigenvalue weighted by Crippen LogP contribution is 2.41. The predicted octanol–water partition coefficient (Wildman–Crippen LogP) is 11.5. The number of fused-ring (bicyclic) bond motifs is 11. The van der Waals surface area contributed by atoms with Crippen molar-refractivity contribution in [2.45, 2.75) is 0 Å². The first-order chi connectivity index (χ1) is 23.3. The number of para-hydroxylation sites is 1. The Morgan fingerprint density at radius 2 is 0.872 bits per heavy atom. The molecule has 0 saturated carbocycles. The van der Waals surface area contributed by atoms with E-state index in [0.717, 1.165) is 49.9 Å². The van der Waals surface area contributed by atoms with E-state index >= 15 is 0 Å². The molecule has 0 aliphatic carbocycles. The van der Waals surface area contributed by atoms with Crippen molar-refractivity contribution in [3.8, 4) is 28.2 Å². The van der Waals surface area contributed by atoms with Crippen LogP contribution in [0.2, 0.25) is 0 Å². The van der Waals surface area contributed by atoms with Crippen LogP contribution in [0.1, 0.15) is 0 Å². The molecule has 0 radical (unpaired) electrons. The average Bonchev–Trinajstić information content (AvgIpc) is 3.50. The first kappa shape index (κ1) is 26.0. The predicted molar refractivity (Wildman–Crippen MR) is 197 cm³/mol. The van der Waals surface area contributed by atoms with Crippen LogP contribution in [0.5, 0.6) is 0 Å². The zero-order valence-corrected chi connectivity index (χ0v) is 25.4. The highest BCUT2D eigenvalue weighted by atomic mass is 15.1. The summed E-state index contributed by atoms with van der Waals surface area (Å²) in [5, 5.41) is 9.37. The van der Waals surface area contributed by atoms with E-state index in [1.54, 1.807) is 0 Å². The van der Waals surface area contributed by atoms with E-state index in [4.69, 9.17) is 9.97 Å². The molecule has 10 rings (SSSR count). The highest BCUT2D eigenvalue weighted by Gasteiger charge is 2.22. The van der Waals surface area contributed by atoms with Gasteiger partial charge in [0.2, 0.25) is 0 Å². The van der Waals surface area contributed by atoms with Crippen LogP contribution >= 0.6 is 0 Å².